The van der Waals surface area contributed by atoms with Crippen molar-refractivity contribution in [2.75, 3.05) is 50.3 Å². The van der Waals surface area contributed by atoms with Gasteiger partial charge in [0, 0.05) is 32.7 Å². The first kappa shape index (κ1) is 22.7. The molecule has 0 spiro atoms. The van der Waals surface area contributed by atoms with Crippen LogP contribution < -0.4 is 14.4 Å². The maximum absolute atomic E-state index is 13.0. The maximum atomic E-state index is 13.0. The molecular weight excluding hydrogens is 430 g/mol. The maximum Gasteiger partial charge on any atom is 0.233 e. The number of hydrogen-bond acceptors (Lipinski definition) is 8. The Morgan fingerprint density at radius 2 is 1.97 bits per heavy atom. The number of amides is 1. The number of hydrogen-bond donors (Lipinski definition) is 0. The number of nitrogens with zero attached hydrogens (tertiary/aromatic N) is 5. The molecule has 1 fully saturated rings. The second kappa shape index (κ2) is 10.4. The van der Waals surface area contributed by atoms with Gasteiger partial charge in [-0.1, -0.05) is 31.7 Å². The lowest BCUT2D eigenvalue weighted by atomic mass is 10.2. The number of aromatic nitrogens is 3. The van der Waals surface area contributed by atoms with E-state index < -0.39 is 0 Å². The lowest BCUT2D eigenvalue weighted by Crippen LogP contribution is -2.38. The lowest BCUT2D eigenvalue weighted by molar-refractivity contribution is -0.128. The van der Waals surface area contributed by atoms with E-state index in [1.54, 1.807) is 0 Å². The highest BCUT2D eigenvalue weighted by atomic mass is 32.2. The van der Waals surface area contributed by atoms with Crippen molar-refractivity contribution >= 4 is 23.6 Å². The van der Waals surface area contributed by atoms with Gasteiger partial charge in [0.2, 0.25) is 18.6 Å². The summed E-state index contributed by atoms with van der Waals surface area (Å²) < 4.78 is 18.4. The van der Waals surface area contributed by atoms with E-state index in [1.807, 2.05) is 30.0 Å². The van der Waals surface area contributed by atoms with E-state index in [0.29, 0.717) is 38.0 Å². The number of ether oxygens (including phenoxy) is 3. The van der Waals surface area contributed by atoms with Crippen LogP contribution in [-0.2, 0) is 22.6 Å². The molecule has 2 aromatic rings. The number of carbonyl (C=O) groups is 1. The third-order valence-electron chi connectivity index (χ3n) is 5.41. The lowest BCUT2D eigenvalue weighted by Gasteiger charge is -2.28. The number of morpholine rings is 1. The molecule has 0 radical (unpaired) electrons. The van der Waals surface area contributed by atoms with Gasteiger partial charge in [0.25, 0.3) is 0 Å². The Morgan fingerprint density at radius 1 is 1.19 bits per heavy atom. The number of benzene rings is 1. The van der Waals surface area contributed by atoms with Gasteiger partial charge in [-0.3, -0.25) is 9.36 Å². The molecular formula is C22H31N5O4S. The van der Waals surface area contributed by atoms with Gasteiger partial charge in [-0.2, -0.15) is 0 Å². The molecule has 0 N–H and O–H groups in total. The zero-order valence-electron chi connectivity index (χ0n) is 19.0. The fraction of sp³-hybridized carbons (Fsp3) is 0.591. The van der Waals surface area contributed by atoms with Gasteiger partial charge in [0.05, 0.1) is 19.0 Å². The fourth-order valence-electron chi connectivity index (χ4n) is 3.76. The summed E-state index contributed by atoms with van der Waals surface area (Å²) in [6.45, 7) is 11.6. The summed E-state index contributed by atoms with van der Waals surface area (Å²) in [6.07, 6.45) is 0. The fourth-order valence-corrected chi connectivity index (χ4v) is 4.61. The quantitative estimate of drug-likeness (QED) is 0.527. The summed E-state index contributed by atoms with van der Waals surface area (Å²) in [5, 5.41) is 9.65. The van der Waals surface area contributed by atoms with Crippen LogP contribution in [0.25, 0.3) is 0 Å². The SMILES string of the molecule is CCN(Cc1ccc2c(c1)OCO2)C(=O)CSc1nnc(N2CCOCC2)n1CC(C)C. The van der Waals surface area contributed by atoms with Crippen LogP contribution in [0.3, 0.4) is 0 Å². The van der Waals surface area contributed by atoms with Crippen LogP contribution in [0.1, 0.15) is 26.3 Å². The van der Waals surface area contributed by atoms with Crippen LogP contribution in [-0.4, -0.2) is 71.0 Å². The number of carbonyl (C=O) groups excluding carboxylic acids is 1. The van der Waals surface area contributed by atoms with Crippen molar-refractivity contribution in [3.63, 3.8) is 0 Å². The van der Waals surface area contributed by atoms with Crippen LogP contribution in [0.4, 0.5) is 5.95 Å². The van der Waals surface area contributed by atoms with Crippen molar-refractivity contribution in [1.29, 1.82) is 0 Å². The Morgan fingerprint density at radius 3 is 2.72 bits per heavy atom. The Bertz CT molecular complexity index is 929. The number of thioether (sulfide) groups is 1. The van der Waals surface area contributed by atoms with Gasteiger partial charge < -0.3 is 24.0 Å². The first-order valence-electron chi connectivity index (χ1n) is 11.1. The number of rotatable bonds is 9. The monoisotopic (exact) mass is 461 g/mol. The van der Waals surface area contributed by atoms with E-state index in [2.05, 4.69) is 33.5 Å². The van der Waals surface area contributed by atoms with E-state index in [-0.39, 0.29) is 12.7 Å². The highest BCUT2D eigenvalue weighted by Gasteiger charge is 2.23. The summed E-state index contributed by atoms with van der Waals surface area (Å²) in [7, 11) is 0. The smallest absolute Gasteiger partial charge is 0.233 e. The Kier molecular flexibility index (Phi) is 7.41. The third-order valence-corrected chi connectivity index (χ3v) is 6.36. The molecule has 0 bridgehead atoms. The Labute approximate surface area is 193 Å². The Balaban J connectivity index is 1.41. The molecule has 4 rings (SSSR count). The van der Waals surface area contributed by atoms with Gasteiger partial charge in [-0.05, 0) is 30.5 Å². The van der Waals surface area contributed by atoms with E-state index >= 15 is 0 Å². The molecule has 32 heavy (non-hydrogen) atoms. The molecule has 1 aromatic heterocycles. The highest BCUT2D eigenvalue weighted by Crippen LogP contribution is 2.33. The molecule has 0 atom stereocenters. The zero-order valence-corrected chi connectivity index (χ0v) is 19.8. The molecule has 0 saturated carbocycles. The minimum Gasteiger partial charge on any atom is -0.454 e. The van der Waals surface area contributed by atoms with Gasteiger partial charge in [-0.25, -0.2) is 0 Å². The molecule has 2 aliphatic rings. The number of fused-ring (bicyclic) bond motifs is 1. The van der Waals surface area contributed by atoms with Crippen molar-refractivity contribution in [3.8, 4) is 11.5 Å². The molecule has 174 valence electrons. The van der Waals surface area contributed by atoms with Crippen molar-refractivity contribution < 1.29 is 19.0 Å². The van der Waals surface area contributed by atoms with E-state index in [1.165, 1.54) is 11.8 Å². The molecule has 0 aliphatic carbocycles. The summed E-state index contributed by atoms with van der Waals surface area (Å²) in [5.41, 5.74) is 1.02. The van der Waals surface area contributed by atoms with E-state index in [0.717, 1.165) is 47.8 Å². The standard InChI is InChI=1S/C22H31N5O4S/c1-4-25(13-17-5-6-18-19(11-17)31-15-30-18)20(28)14-32-22-24-23-21(27(22)12-16(2)3)26-7-9-29-10-8-26/h5-6,11,16H,4,7-10,12-15H2,1-3H3. The minimum atomic E-state index is 0.0715. The molecule has 1 aromatic carbocycles. The molecule has 10 heteroatoms. The normalized spacial score (nSPS) is 15.4. The van der Waals surface area contributed by atoms with Crippen molar-refractivity contribution in [2.24, 2.45) is 5.92 Å². The molecule has 3 heterocycles. The molecule has 1 saturated heterocycles. The van der Waals surface area contributed by atoms with Gasteiger partial charge in [-0.15, -0.1) is 10.2 Å². The summed E-state index contributed by atoms with van der Waals surface area (Å²) in [4.78, 5) is 17.0. The number of anilines is 1. The summed E-state index contributed by atoms with van der Waals surface area (Å²) in [6, 6.07) is 5.82. The minimum absolute atomic E-state index is 0.0715. The topological polar surface area (TPSA) is 82.0 Å². The van der Waals surface area contributed by atoms with Gasteiger partial charge >= 0.3 is 0 Å². The average Bonchev–Trinajstić information content (AvgIpc) is 3.42. The molecule has 0 unspecified atom stereocenters. The van der Waals surface area contributed by atoms with E-state index in [4.69, 9.17) is 14.2 Å². The predicted octanol–water partition coefficient (Wildman–Crippen LogP) is 2.64. The highest BCUT2D eigenvalue weighted by molar-refractivity contribution is 7.99. The van der Waals surface area contributed by atoms with Crippen LogP contribution in [0.2, 0.25) is 0 Å². The molecule has 9 nitrogen and oxygen atoms in total. The van der Waals surface area contributed by atoms with Crippen molar-refractivity contribution in [1.82, 2.24) is 19.7 Å². The van der Waals surface area contributed by atoms with Crippen molar-refractivity contribution in [3.05, 3.63) is 23.8 Å². The summed E-state index contributed by atoms with van der Waals surface area (Å²) in [5.74, 6) is 3.18. The zero-order chi connectivity index (χ0) is 22.5. The van der Waals surface area contributed by atoms with Crippen LogP contribution in [0, 0.1) is 5.92 Å². The van der Waals surface area contributed by atoms with Crippen LogP contribution >= 0.6 is 11.8 Å². The van der Waals surface area contributed by atoms with Crippen molar-refractivity contribution in [2.45, 2.75) is 39.0 Å². The Hall–Kier alpha value is -2.46. The molecule has 1 amide bonds. The first-order chi connectivity index (χ1) is 15.5. The largest absolute Gasteiger partial charge is 0.454 e. The van der Waals surface area contributed by atoms with Crippen LogP contribution in [0.15, 0.2) is 23.4 Å². The van der Waals surface area contributed by atoms with Crippen LogP contribution in [0.5, 0.6) is 11.5 Å². The second-order valence-electron chi connectivity index (χ2n) is 8.27. The van der Waals surface area contributed by atoms with Gasteiger partial charge in [0.15, 0.2) is 16.7 Å². The molecule has 2 aliphatic heterocycles. The predicted molar refractivity (Wildman–Crippen MR) is 122 cm³/mol. The first-order valence-corrected chi connectivity index (χ1v) is 12.1. The summed E-state index contributed by atoms with van der Waals surface area (Å²) >= 11 is 1.45. The third kappa shape index (κ3) is 5.29. The van der Waals surface area contributed by atoms with Gasteiger partial charge in [0.1, 0.15) is 0 Å². The average molecular weight is 462 g/mol. The second-order valence-corrected chi connectivity index (χ2v) is 9.21. The van der Waals surface area contributed by atoms with E-state index in [9.17, 15) is 4.79 Å².